The second-order valence-electron chi connectivity index (χ2n) is 8.10. The first-order chi connectivity index (χ1) is 15.0. The van der Waals surface area contributed by atoms with Gasteiger partial charge in [0.2, 0.25) is 5.91 Å². The van der Waals surface area contributed by atoms with Crippen LogP contribution in [0.15, 0.2) is 18.2 Å². The molecule has 0 bridgehead atoms. The number of piperazine rings is 1. The van der Waals surface area contributed by atoms with Crippen molar-refractivity contribution in [1.29, 1.82) is 0 Å². The number of morpholine rings is 1. The van der Waals surface area contributed by atoms with Crippen LogP contribution in [-0.4, -0.2) is 90.3 Å². The molecule has 1 aromatic carbocycles. The molecule has 1 aromatic rings. The minimum atomic E-state index is -3.61. The van der Waals surface area contributed by atoms with Crippen molar-refractivity contribution >= 4 is 39.1 Å². The Bertz CT molecular complexity index is 959. The number of hydrogen-bond acceptors (Lipinski definition) is 7. The molecule has 178 valence electrons. The molecule has 3 unspecified atom stereocenters. The normalized spacial score (nSPS) is 24.8. The van der Waals surface area contributed by atoms with Crippen molar-refractivity contribution in [3.8, 4) is 0 Å². The van der Waals surface area contributed by atoms with Crippen LogP contribution in [0.25, 0.3) is 0 Å². The number of carbonyl (C=O) groups is 1. The fourth-order valence-electron chi connectivity index (χ4n) is 3.93. The van der Waals surface area contributed by atoms with Crippen molar-refractivity contribution in [3.05, 3.63) is 33.3 Å². The molecule has 0 aromatic heterocycles. The Hall–Kier alpha value is -1.83. The molecule has 1 N–H and O–H groups in total. The standard InChI is InChI=1S/C19H28ClN5O6S/c1-13-11-24(12-14(2)31-13)32(29,30)23-8-6-22(7-9-23)15(3)19(26)21-18-10-16(25(27)28)4-5-17(18)20/h4-5,10,13-15H,6-9,11-12H2,1-3H3,(H,21,26). The van der Waals surface area contributed by atoms with Crippen molar-refractivity contribution in [3.63, 3.8) is 0 Å². The molecule has 0 spiro atoms. The first kappa shape index (κ1) is 24.8. The Morgan fingerprint density at radius 3 is 2.34 bits per heavy atom. The van der Waals surface area contributed by atoms with Gasteiger partial charge in [0.15, 0.2) is 0 Å². The highest BCUT2D eigenvalue weighted by Crippen LogP contribution is 2.27. The quantitative estimate of drug-likeness (QED) is 0.474. The number of benzene rings is 1. The van der Waals surface area contributed by atoms with Gasteiger partial charge in [-0.2, -0.15) is 17.0 Å². The monoisotopic (exact) mass is 489 g/mol. The number of non-ortho nitro benzene ring substituents is 1. The highest BCUT2D eigenvalue weighted by Gasteiger charge is 2.37. The van der Waals surface area contributed by atoms with Crippen molar-refractivity contribution in [2.75, 3.05) is 44.6 Å². The lowest BCUT2D eigenvalue weighted by Gasteiger charge is -2.41. The van der Waals surface area contributed by atoms with E-state index in [-0.39, 0.29) is 47.6 Å². The number of anilines is 1. The van der Waals surface area contributed by atoms with Gasteiger partial charge in [0, 0.05) is 51.4 Å². The molecule has 0 saturated carbocycles. The highest BCUT2D eigenvalue weighted by atomic mass is 35.5. The molecular formula is C19H28ClN5O6S. The molecule has 3 rings (SSSR count). The number of rotatable bonds is 6. The van der Waals surface area contributed by atoms with Gasteiger partial charge < -0.3 is 10.1 Å². The topological polar surface area (TPSA) is 125 Å². The van der Waals surface area contributed by atoms with Gasteiger partial charge >= 0.3 is 0 Å². The van der Waals surface area contributed by atoms with E-state index < -0.39 is 21.2 Å². The molecular weight excluding hydrogens is 462 g/mol. The fourth-order valence-corrected chi connectivity index (χ4v) is 5.84. The summed E-state index contributed by atoms with van der Waals surface area (Å²) in [6, 6.07) is 3.26. The summed E-state index contributed by atoms with van der Waals surface area (Å²) in [5.74, 6) is -0.375. The van der Waals surface area contributed by atoms with E-state index in [0.717, 1.165) is 0 Å². The highest BCUT2D eigenvalue weighted by molar-refractivity contribution is 7.86. The van der Waals surface area contributed by atoms with Crippen LogP contribution >= 0.6 is 11.6 Å². The maximum absolute atomic E-state index is 13.0. The molecule has 3 atom stereocenters. The molecule has 11 nitrogen and oxygen atoms in total. The van der Waals surface area contributed by atoms with Crippen LogP contribution in [0.1, 0.15) is 20.8 Å². The zero-order valence-electron chi connectivity index (χ0n) is 18.2. The number of nitro benzene ring substituents is 1. The second-order valence-corrected chi connectivity index (χ2v) is 10.4. The minimum Gasteiger partial charge on any atom is -0.373 e. The van der Waals surface area contributed by atoms with Gasteiger partial charge in [-0.25, -0.2) is 0 Å². The van der Waals surface area contributed by atoms with E-state index in [2.05, 4.69) is 5.32 Å². The van der Waals surface area contributed by atoms with Gasteiger partial charge in [0.1, 0.15) is 0 Å². The third-order valence-corrected chi connectivity index (χ3v) is 7.96. The summed E-state index contributed by atoms with van der Waals surface area (Å²) in [7, 11) is -3.61. The van der Waals surface area contributed by atoms with E-state index in [1.54, 1.807) is 6.92 Å². The number of nitrogens with zero attached hydrogens (tertiary/aromatic N) is 4. The van der Waals surface area contributed by atoms with Gasteiger partial charge in [-0.05, 0) is 26.8 Å². The van der Waals surface area contributed by atoms with Crippen LogP contribution < -0.4 is 5.32 Å². The lowest BCUT2D eigenvalue weighted by molar-refractivity contribution is -0.384. The molecule has 0 aliphatic carbocycles. The summed E-state index contributed by atoms with van der Waals surface area (Å²) in [4.78, 5) is 25.0. The van der Waals surface area contributed by atoms with Gasteiger partial charge in [-0.1, -0.05) is 11.6 Å². The summed E-state index contributed by atoms with van der Waals surface area (Å²) in [5, 5.41) is 13.8. The third kappa shape index (κ3) is 5.56. The molecule has 32 heavy (non-hydrogen) atoms. The molecule has 2 heterocycles. The van der Waals surface area contributed by atoms with Crippen LogP contribution in [-0.2, 0) is 19.7 Å². The third-order valence-electron chi connectivity index (χ3n) is 5.66. The number of carbonyl (C=O) groups excluding carboxylic acids is 1. The minimum absolute atomic E-state index is 0.162. The zero-order valence-corrected chi connectivity index (χ0v) is 19.8. The number of nitro groups is 1. The summed E-state index contributed by atoms with van der Waals surface area (Å²) < 4.78 is 34.6. The Labute approximate surface area is 192 Å². The molecule has 2 saturated heterocycles. The maximum Gasteiger partial charge on any atom is 0.282 e. The predicted octanol–water partition coefficient (Wildman–Crippen LogP) is 1.55. The summed E-state index contributed by atoms with van der Waals surface area (Å²) in [6.07, 6.45) is -0.335. The number of nitrogens with one attached hydrogen (secondary N) is 1. The molecule has 1 amide bonds. The summed E-state index contributed by atoms with van der Waals surface area (Å²) in [5.41, 5.74) is -0.0163. The Balaban J connectivity index is 1.59. The van der Waals surface area contributed by atoms with Gasteiger partial charge in [0.05, 0.1) is 33.9 Å². The summed E-state index contributed by atoms with van der Waals surface area (Å²) in [6.45, 7) is 7.32. The number of amides is 1. The van der Waals surface area contributed by atoms with E-state index in [4.69, 9.17) is 16.3 Å². The van der Waals surface area contributed by atoms with Crippen LogP contribution in [0.4, 0.5) is 11.4 Å². The average molecular weight is 490 g/mol. The lowest BCUT2D eigenvalue weighted by Crippen LogP contribution is -2.58. The van der Waals surface area contributed by atoms with Gasteiger partial charge in [-0.15, -0.1) is 0 Å². The lowest BCUT2D eigenvalue weighted by atomic mass is 10.2. The van der Waals surface area contributed by atoms with Crippen LogP contribution in [0.2, 0.25) is 5.02 Å². The van der Waals surface area contributed by atoms with Crippen LogP contribution in [0.5, 0.6) is 0 Å². The Kier molecular flexibility index (Phi) is 7.73. The van der Waals surface area contributed by atoms with Crippen LogP contribution in [0, 0.1) is 10.1 Å². The first-order valence-electron chi connectivity index (χ1n) is 10.4. The van der Waals surface area contributed by atoms with E-state index >= 15 is 0 Å². The predicted molar refractivity (Wildman–Crippen MR) is 120 cm³/mol. The number of halogens is 1. The zero-order chi connectivity index (χ0) is 23.6. The van der Waals surface area contributed by atoms with E-state index in [1.807, 2.05) is 18.7 Å². The number of hydrogen-bond donors (Lipinski definition) is 1. The maximum atomic E-state index is 13.0. The Morgan fingerprint density at radius 2 is 1.78 bits per heavy atom. The molecule has 2 aliphatic rings. The molecule has 2 aliphatic heterocycles. The van der Waals surface area contributed by atoms with Crippen molar-refractivity contribution in [1.82, 2.24) is 13.5 Å². The van der Waals surface area contributed by atoms with E-state index in [0.29, 0.717) is 26.2 Å². The number of ether oxygens (including phenoxy) is 1. The van der Waals surface area contributed by atoms with E-state index in [1.165, 1.54) is 26.8 Å². The fraction of sp³-hybridized carbons (Fsp3) is 0.632. The van der Waals surface area contributed by atoms with Gasteiger partial charge in [-0.3, -0.25) is 19.8 Å². The molecule has 2 fully saturated rings. The van der Waals surface area contributed by atoms with Crippen molar-refractivity contribution < 1.29 is 22.9 Å². The SMILES string of the molecule is CC1CN(S(=O)(=O)N2CCN(C(C)C(=O)Nc3cc([N+](=O)[O-])ccc3Cl)CC2)CC(C)O1. The first-order valence-corrected chi connectivity index (χ1v) is 12.2. The van der Waals surface area contributed by atoms with Crippen LogP contribution in [0.3, 0.4) is 0 Å². The molecule has 0 radical (unpaired) electrons. The Morgan fingerprint density at radius 1 is 1.19 bits per heavy atom. The summed E-state index contributed by atoms with van der Waals surface area (Å²) >= 11 is 6.06. The average Bonchev–Trinajstić information content (AvgIpc) is 2.74. The van der Waals surface area contributed by atoms with E-state index in [9.17, 15) is 23.3 Å². The largest absolute Gasteiger partial charge is 0.373 e. The van der Waals surface area contributed by atoms with Crippen molar-refractivity contribution in [2.24, 2.45) is 0 Å². The molecule has 13 heteroatoms. The van der Waals surface area contributed by atoms with Crippen molar-refractivity contribution in [2.45, 2.75) is 39.0 Å². The van der Waals surface area contributed by atoms with Gasteiger partial charge in [0.25, 0.3) is 15.9 Å². The smallest absolute Gasteiger partial charge is 0.282 e. The second kappa shape index (κ2) is 9.98.